The number of primary sulfonamides is 1. The number of thiocarbonyl (C=S) groups is 1. The van der Waals surface area contributed by atoms with Gasteiger partial charge in [0.2, 0.25) is 10.0 Å². The average Bonchev–Trinajstić information content (AvgIpc) is 2.49. The van der Waals surface area contributed by atoms with Gasteiger partial charge in [-0.25, -0.2) is 17.9 Å². The number of hydrogen-bond acceptors (Lipinski definition) is 3. The van der Waals surface area contributed by atoms with E-state index >= 15 is 0 Å². The zero-order valence-electron chi connectivity index (χ0n) is 12.1. The van der Waals surface area contributed by atoms with Crippen molar-refractivity contribution in [2.24, 2.45) is 5.14 Å². The fourth-order valence-electron chi connectivity index (χ4n) is 1.90. The predicted molar refractivity (Wildman–Crippen MR) is 92.1 cm³/mol. The highest BCUT2D eigenvalue weighted by Gasteiger charge is 2.07. The molecule has 0 radical (unpaired) electrons. The smallest absolute Gasteiger partial charge is 0.238 e. The van der Waals surface area contributed by atoms with Crippen molar-refractivity contribution in [3.8, 4) is 0 Å². The van der Waals surface area contributed by atoms with Gasteiger partial charge in [-0.05, 0) is 48.5 Å². The molecule has 0 aliphatic carbocycles. The summed E-state index contributed by atoms with van der Waals surface area (Å²) < 4.78 is 35.8. The van der Waals surface area contributed by atoms with E-state index in [4.69, 9.17) is 17.4 Å². The van der Waals surface area contributed by atoms with Crippen LogP contribution in [0.4, 0.5) is 10.1 Å². The Balaban J connectivity index is 1.83. The molecule has 2 aromatic rings. The van der Waals surface area contributed by atoms with Crippen LogP contribution in [-0.2, 0) is 16.4 Å². The van der Waals surface area contributed by atoms with E-state index in [-0.39, 0.29) is 10.7 Å². The lowest BCUT2D eigenvalue weighted by Gasteiger charge is -2.11. The molecule has 0 saturated carbocycles. The van der Waals surface area contributed by atoms with Crippen LogP contribution in [0.3, 0.4) is 0 Å². The van der Waals surface area contributed by atoms with Crippen molar-refractivity contribution in [3.63, 3.8) is 0 Å². The molecule has 8 heteroatoms. The van der Waals surface area contributed by atoms with Crippen LogP contribution in [0.15, 0.2) is 53.4 Å². The summed E-state index contributed by atoms with van der Waals surface area (Å²) >= 11 is 5.10. The lowest BCUT2D eigenvalue weighted by molar-refractivity contribution is 0.597. The SMILES string of the molecule is NS(=O)(=O)c1ccc(CCNC(=S)Nc2ccccc2F)cc1. The van der Waals surface area contributed by atoms with E-state index in [1.54, 1.807) is 30.3 Å². The molecule has 0 spiro atoms. The van der Waals surface area contributed by atoms with Crippen molar-refractivity contribution in [2.75, 3.05) is 11.9 Å². The first-order valence-electron chi connectivity index (χ1n) is 6.77. The summed E-state index contributed by atoms with van der Waals surface area (Å²) in [6, 6.07) is 12.5. The Labute approximate surface area is 139 Å². The molecule has 0 atom stereocenters. The minimum atomic E-state index is -3.67. The molecule has 0 aromatic heterocycles. The molecule has 122 valence electrons. The van der Waals surface area contributed by atoms with Gasteiger partial charge < -0.3 is 10.6 Å². The van der Waals surface area contributed by atoms with Crippen molar-refractivity contribution < 1.29 is 12.8 Å². The molecule has 0 aliphatic heterocycles. The Kier molecular flexibility index (Phi) is 5.64. The highest BCUT2D eigenvalue weighted by molar-refractivity contribution is 7.89. The van der Waals surface area contributed by atoms with E-state index in [0.29, 0.717) is 23.8 Å². The van der Waals surface area contributed by atoms with Gasteiger partial charge in [-0.15, -0.1) is 0 Å². The van der Waals surface area contributed by atoms with Crippen molar-refractivity contribution in [3.05, 3.63) is 59.9 Å². The highest BCUT2D eigenvalue weighted by atomic mass is 32.2. The van der Waals surface area contributed by atoms with Crippen LogP contribution in [0.1, 0.15) is 5.56 Å². The maximum atomic E-state index is 13.5. The Hall–Kier alpha value is -2.03. The minimum absolute atomic E-state index is 0.0750. The van der Waals surface area contributed by atoms with Crippen molar-refractivity contribution in [1.82, 2.24) is 5.32 Å². The van der Waals surface area contributed by atoms with E-state index in [1.807, 2.05) is 0 Å². The molecule has 2 rings (SSSR count). The van der Waals surface area contributed by atoms with Crippen LogP contribution in [0.2, 0.25) is 0 Å². The Morgan fingerprint density at radius 2 is 1.78 bits per heavy atom. The Morgan fingerprint density at radius 3 is 2.39 bits per heavy atom. The summed E-state index contributed by atoms with van der Waals surface area (Å²) in [5.41, 5.74) is 1.24. The van der Waals surface area contributed by atoms with Crippen LogP contribution in [0.25, 0.3) is 0 Å². The first kappa shape index (κ1) is 17.3. The molecule has 0 unspecified atom stereocenters. The molecular formula is C15H16FN3O2S2. The third-order valence-corrected chi connectivity index (χ3v) is 4.25. The van der Waals surface area contributed by atoms with E-state index in [0.717, 1.165) is 5.56 Å². The summed E-state index contributed by atoms with van der Waals surface area (Å²) in [7, 11) is -3.67. The molecule has 23 heavy (non-hydrogen) atoms. The van der Waals surface area contributed by atoms with Crippen LogP contribution in [0.5, 0.6) is 0 Å². The standard InChI is InChI=1S/C15H16FN3O2S2/c16-13-3-1-2-4-14(13)19-15(22)18-10-9-11-5-7-12(8-6-11)23(17,20)21/h1-8H,9-10H2,(H2,17,20,21)(H2,18,19,22). The number of halogens is 1. The minimum Gasteiger partial charge on any atom is -0.362 e. The first-order valence-corrected chi connectivity index (χ1v) is 8.73. The fraction of sp³-hybridized carbons (Fsp3) is 0.133. The largest absolute Gasteiger partial charge is 0.362 e. The number of hydrogen-bond donors (Lipinski definition) is 3. The molecule has 0 fully saturated rings. The zero-order chi connectivity index (χ0) is 16.9. The maximum absolute atomic E-state index is 13.5. The highest BCUT2D eigenvalue weighted by Crippen LogP contribution is 2.12. The van der Waals surface area contributed by atoms with E-state index in [9.17, 15) is 12.8 Å². The normalized spacial score (nSPS) is 11.0. The average molecular weight is 353 g/mol. The molecule has 0 saturated heterocycles. The Morgan fingerprint density at radius 1 is 1.13 bits per heavy atom. The summed E-state index contributed by atoms with van der Waals surface area (Å²) in [5.74, 6) is -0.379. The fourth-order valence-corrected chi connectivity index (χ4v) is 2.62. The van der Waals surface area contributed by atoms with Crippen LogP contribution in [-0.4, -0.2) is 20.1 Å². The monoisotopic (exact) mass is 353 g/mol. The second-order valence-corrected chi connectivity index (χ2v) is 6.77. The maximum Gasteiger partial charge on any atom is 0.238 e. The summed E-state index contributed by atoms with van der Waals surface area (Å²) in [6.07, 6.45) is 0.629. The second-order valence-electron chi connectivity index (χ2n) is 4.80. The lowest BCUT2D eigenvalue weighted by atomic mass is 10.1. The number of nitrogens with two attached hydrogens (primary N) is 1. The van der Waals surface area contributed by atoms with Gasteiger partial charge >= 0.3 is 0 Å². The van der Waals surface area contributed by atoms with Gasteiger partial charge in [0, 0.05) is 6.54 Å². The number of rotatable bonds is 5. The van der Waals surface area contributed by atoms with Crippen LogP contribution >= 0.6 is 12.2 Å². The number of benzene rings is 2. The quantitative estimate of drug-likeness (QED) is 0.716. The molecule has 0 aliphatic rings. The van der Waals surface area contributed by atoms with Gasteiger partial charge in [0.25, 0.3) is 0 Å². The van der Waals surface area contributed by atoms with Gasteiger partial charge in [-0.3, -0.25) is 0 Å². The van der Waals surface area contributed by atoms with Crippen molar-refractivity contribution in [1.29, 1.82) is 0 Å². The molecule has 0 bridgehead atoms. The third kappa shape index (κ3) is 5.27. The van der Waals surface area contributed by atoms with Gasteiger partial charge in [-0.2, -0.15) is 0 Å². The van der Waals surface area contributed by atoms with Crippen LogP contribution in [0, 0.1) is 5.82 Å². The number of anilines is 1. The number of nitrogens with one attached hydrogen (secondary N) is 2. The van der Waals surface area contributed by atoms with E-state index in [1.165, 1.54) is 18.2 Å². The lowest BCUT2D eigenvalue weighted by Crippen LogP contribution is -2.30. The summed E-state index contributed by atoms with van der Waals surface area (Å²) in [6.45, 7) is 0.523. The Bertz CT molecular complexity index is 793. The summed E-state index contributed by atoms with van der Waals surface area (Å²) in [5, 5.41) is 11.1. The van der Waals surface area contributed by atoms with Crippen molar-refractivity contribution in [2.45, 2.75) is 11.3 Å². The topological polar surface area (TPSA) is 84.2 Å². The molecule has 5 nitrogen and oxygen atoms in total. The molecular weight excluding hydrogens is 337 g/mol. The molecule has 4 N–H and O–H groups in total. The molecule has 0 heterocycles. The summed E-state index contributed by atoms with van der Waals surface area (Å²) in [4.78, 5) is 0.0750. The predicted octanol–water partition coefficient (Wildman–Crippen LogP) is 2.00. The van der Waals surface area contributed by atoms with Gasteiger partial charge in [0.15, 0.2) is 5.11 Å². The van der Waals surface area contributed by atoms with Gasteiger partial charge in [0.05, 0.1) is 10.6 Å². The van der Waals surface area contributed by atoms with Crippen LogP contribution < -0.4 is 15.8 Å². The van der Waals surface area contributed by atoms with Gasteiger partial charge in [-0.1, -0.05) is 24.3 Å². The van der Waals surface area contributed by atoms with Gasteiger partial charge in [0.1, 0.15) is 5.82 Å². The van der Waals surface area contributed by atoms with Crippen molar-refractivity contribution >= 4 is 33.0 Å². The van der Waals surface area contributed by atoms with E-state index in [2.05, 4.69) is 10.6 Å². The number of sulfonamides is 1. The number of para-hydroxylation sites is 1. The second kappa shape index (κ2) is 7.49. The molecule has 0 amide bonds. The zero-order valence-corrected chi connectivity index (χ0v) is 13.8. The first-order chi connectivity index (χ1) is 10.9. The third-order valence-electron chi connectivity index (χ3n) is 3.07. The molecule has 2 aromatic carbocycles. The van der Waals surface area contributed by atoms with E-state index < -0.39 is 10.0 Å².